The zero-order valence-electron chi connectivity index (χ0n) is 10.3. The van der Waals surface area contributed by atoms with Crippen molar-refractivity contribution in [1.29, 1.82) is 0 Å². The molecule has 1 aromatic carbocycles. The van der Waals surface area contributed by atoms with E-state index in [4.69, 9.17) is 4.74 Å². The molecule has 0 saturated heterocycles. The van der Waals surface area contributed by atoms with Crippen LogP contribution >= 0.6 is 0 Å². The van der Waals surface area contributed by atoms with Gasteiger partial charge in [-0.15, -0.1) is 0 Å². The third kappa shape index (κ3) is 2.64. The molecule has 0 aliphatic carbocycles. The topological polar surface area (TPSA) is 22.1 Å². The Kier molecular flexibility index (Phi) is 3.76. The van der Waals surface area contributed by atoms with Gasteiger partial charge in [-0.2, -0.15) is 0 Å². The second-order valence-corrected chi connectivity index (χ2v) is 4.02. The van der Waals surface area contributed by atoms with Crippen LogP contribution in [-0.2, 0) is 0 Å². The molecule has 1 aromatic heterocycles. The first kappa shape index (κ1) is 11.6. The molecule has 88 valence electrons. The highest BCUT2D eigenvalue weighted by Gasteiger charge is 2.12. The number of ether oxygens (including phenoxy) is 1. The molecule has 2 rings (SSSR count). The van der Waals surface area contributed by atoms with Gasteiger partial charge in [0.25, 0.3) is 0 Å². The minimum absolute atomic E-state index is 0.410. The highest BCUT2D eigenvalue weighted by atomic mass is 16.5. The van der Waals surface area contributed by atoms with Crippen LogP contribution in [0.15, 0.2) is 48.8 Å². The molecule has 1 unspecified atom stereocenters. The maximum Gasteiger partial charge on any atom is 0.119 e. The molecule has 0 spiro atoms. The summed E-state index contributed by atoms with van der Waals surface area (Å²) in [6.07, 6.45) is 4.76. The molecule has 1 atom stereocenters. The van der Waals surface area contributed by atoms with E-state index < -0.39 is 0 Å². The maximum absolute atomic E-state index is 5.27. The summed E-state index contributed by atoms with van der Waals surface area (Å²) < 4.78 is 5.27. The predicted octanol–water partition coefficient (Wildman–Crippen LogP) is 3.63. The van der Waals surface area contributed by atoms with E-state index in [-0.39, 0.29) is 0 Å². The van der Waals surface area contributed by atoms with E-state index in [1.165, 1.54) is 11.1 Å². The van der Waals surface area contributed by atoms with E-state index in [0.717, 1.165) is 12.2 Å². The Balaban J connectivity index is 2.35. The number of hydrogen-bond acceptors (Lipinski definition) is 2. The molecule has 0 aliphatic rings. The Hall–Kier alpha value is -1.83. The van der Waals surface area contributed by atoms with E-state index in [1.807, 2.05) is 24.5 Å². The lowest BCUT2D eigenvalue weighted by Crippen LogP contribution is -2.00. The molecule has 2 aromatic rings. The third-order valence-electron chi connectivity index (χ3n) is 3.01. The van der Waals surface area contributed by atoms with Gasteiger partial charge in [-0.1, -0.05) is 19.1 Å². The Morgan fingerprint density at radius 2 is 1.88 bits per heavy atom. The van der Waals surface area contributed by atoms with Crippen LogP contribution in [-0.4, -0.2) is 12.1 Å². The van der Waals surface area contributed by atoms with Gasteiger partial charge in [-0.25, -0.2) is 0 Å². The van der Waals surface area contributed by atoms with E-state index in [2.05, 4.69) is 36.2 Å². The fourth-order valence-electron chi connectivity index (χ4n) is 2.12. The lowest BCUT2D eigenvalue weighted by Gasteiger charge is -2.16. The van der Waals surface area contributed by atoms with Gasteiger partial charge in [0.15, 0.2) is 0 Å². The van der Waals surface area contributed by atoms with Gasteiger partial charge in [-0.05, 0) is 41.8 Å². The van der Waals surface area contributed by atoms with Crippen molar-refractivity contribution in [3.63, 3.8) is 0 Å². The van der Waals surface area contributed by atoms with Gasteiger partial charge in [0.1, 0.15) is 5.75 Å². The summed E-state index contributed by atoms with van der Waals surface area (Å²) in [5, 5.41) is 0. The largest absolute Gasteiger partial charge is 0.497 e. The molecule has 2 nitrogen and oxygen atoms in total. The van der Waals surface area contributed by atoms with Gasteiger partial charge in [-0.3, -0.25) is 4.98 Å². The molecule has 2 heteroatoms. The fourth-order valence-corrected chi connectivity index (χ4v) is 2.12. The van der Waals surface area contributed by atoms with Crippen molar-refractivity contribution in [1.82, 2.24) is 4.98 Å². The average Bonchev–Trinajstić information content (AvgIpc) is 2.41. The van der Waals surface area contributed by atoms with Crippen LogP contribution in [0.5, 0.6) is 5.75 Å². The minimum Gasteiger partial charge on any atom is -0.497 e. The Morgan fingerprint density at radius 3 is 2.53 bits per heavy atom. The molecule has 0 radical (unpaired) electrons. The van der Waals surface area contributed by atoms with E-state index >= 15 is 0 Å². The maximum atomic E-state index is 5.27. The zero-order valence-corrected chi connectivity index (χ0v) is 10.3. The number of hydrogen-bond donors (Lipinski definition) is 0. The first-order chi connectivity index (χ1) is 8.35. The van der Waals surface area contributed by atoms with Gasteiger partial charge in [0.2, 0.25) is 0 Å². The molecule has 0 N–H and O–H groups in total. The summed E-state index contributed by atoms with van der Waals surface area (Å²) in [7, 11) is 1.70. The number of methoxy groups -OCH3 is 1. The SMILES string of the molecule is CCC(c1ccncc1)c1cccc(OC)c1. The quantitative estimate of drug-likeness (QED) is 0.795. The summed E-state index contributed by atoms with van der Waals surface area (Å²) in [5.41, 5.74) is 2.59. The van der Waals surface area contributed by atoms with Crippen LogP contribution in [0.2, 0.25) is 0 Å². The summed E-state index contributed by atoms with van der Waals surface area (Å²) in [5.74, 6) is 1.32. The fraction of sp³-hybridized carbons (Fsp3) is 0.267. The molecule has 0 fully saturated rings. The summed E-state index contributed by atoms with van der Waals surface area (Å²) in [6, 6.07) is 12.4. The number of pyridine rings is 1. The normalized spacial score (nSPS) is 12.1. The highest BCUT2D eigenvalue weighted by Crippen LogP contribution is 2.29. The highest BCUT2D eigenvalue weighted by molar-refractivity contribution is 5.36. The number of rotatable bonds is 4. The van der Waals surface area contributed by atoms with Crippen molar-refractivity contribution in [3.8, 4) is 5.75 Å². The van der Waals surface area contributed by atoms with Gasteiger partial charge in [0.05, 0.1) is 7.11 Å². The molecular formula is C15H17NO. The zero-order chi connectivity index (χ0) is 12.1. The standard InChI is InChI=1S/C15H17NO/c1-3-15(12-7-9-16-10-8-12)13-5-4-6-14(11-13)17-2/h4-11,15H,3H2,1-2H3. The molecule has 1 heterocycles. The van der Waals surface area contributed by atoms with Crippen LogP contribution in [0.3, 0.4) is 0 Å². The molecule has 17 heavy (non-hydrogen) atoms. The van der Waals surface area contributed by atoms with Crippen molar-refractivity contribution < 1.29 is 4.74 Å². The number of nitrogens with zero attached hydrogens (tertiary/aromatic N) is 1. The van der Waals surface area contributed by atoms with Gasteiger partial charge in [0, 0.05) is 18.3 Å². The van der Waals surface area contributed by atoms with Gasteiger partial charge < -0.3 is 4.74 Å². The predicted molar refractivity (Wildman–Crippen MR) is 69.4 cm³/mol. The van der Waals surface area contributed by atoms with Crippen molar-refractivity contribution in [2.45, 2.75) is 19.3 Å². The van der Waals surface area contributed by atoms with Crippen molar-refractivity contribution in [2.75, 3.05) is 7.11 Å². The second kappa shape index (κ2) is 5.48. The second-order valence-electron chi connectivity index (χ2n) is 4.02. The number of benzene rings is 1. The molecular weight excluding hydrogens is 210 g/mol. The van der Waals surface area contributed by atoms with Crippen molar-refractivity contribution in [2.24, 2.45) is 0 Å². The Morgan fingerprint density at radius 1 is 1.12 bits per heavy atom. The molecule has 0 aliphatic heterocycles. The van der Waals surface area contributed by atoms with Gasteiger partial charge >= 0.3 is 0 Å². The van der Waals surface area contributed by atoms with Crippen molar-refractivity contribution in [3.05, 3.63) is 59.9 Å². The van der Waals surface area contributed by atoms with Crippen LogP contribution in [0.4, 0.5) is 0 Å². The first-order valence-corrected chi connectivity index (χ1v) is 5.89. The van der Waals surface area contributed by atoms with Crippen molar-refractivity contribution >= 4 is 0 Å². The van der Waals surface area contributed by atoms with E-state index in [0.29, 0.717) is 5.92 Å². The van der Waals surface area contributed by atoms with Crippen LogP contribution in [0, 0.1) is 0 Å². The lowest BCUT2D eigenvalue weighted by molar-refractivity contribution is 0.414. The summed E-state index contributed by atoms with van der Waals surface area (Å²) in [4.78, 5) is 4.06. The minimum atomic E-state index is 0.410. The van der Waals surface area contributed by atoms with E-state index in [1.54, 1.807) is 7.11 Å². The smallest absolute Gasteiger partial charge is 0.119 e. The Bertz CT molecular complexity index is 467. The number of aromatic nitrogens is 1. The summed E-state index contributed by atoms with van der Waals surface area (Å²) in [6.45, 7) is 2.20. The Labute approximate surface area is 102 Å². The monoisotopic (exact) mass is 227 g/mol. The van der Waals surface area contributed by atoms with E-state index in [9.17, 15) is 0 Å². The first-order valence-electron chi connectivity index (χ1n) is 5.89. The van der Waals surface area contributed by atoms with Crippen LogP contribution < -0.4 is 4.74 Å². The molecule has 0 saturated carbocycles. The van der Waals surface area contributed by atoms with Crippen LogP contribution in [0.25, 0.3) is 0 Å². The lowest BCUT2D eigenvalue weighted by atomic mass is 9.90. The third-order valence-corrected chi connectivity index (χ3v) is 3.01. The van der Waals surface area contributed by atoms with Crippen LogP contribution in [0.1, 0.15) is 30.4 Å². The average molecular weight is 227 g/mol. The summed E-state index contributed by atoms with van der Waals surface area (Å²) >= 11 is 0. The molecule has 0 amide bonds. The molecule has 0 bridgehead atoms.